The largest absolute Gasteiger partial charge is 0.495 e. The van der Waals surface area contributed by atoms with Crippen LogP contribution in [0, 0.1) is 12.3 Å². The van der Waals surface area contributed by atoms with Crippen molar-refractivity contribution in [2.75, 3.05) is 31.9 Å². The molecule has 5 nitrogen and oxygen atoms in total. The number of benzene rings is 1. The minimum atomic E-state index is -2.44. The van der Waals surface area contributed by atoms with Gasteiger partial charge in [0.2, 0.25) is 0 Å². The van der Waals surface area contributed by atoms with E-state index in [2.05, 4.69) is 5.92 Å². The van der Waals surface area contributed by atoms with Gasteiger partial charge >= 0.3 is 6.09 Å². The lowest BCUT2D eigenvalue weighted by Crippen LogP contribution is -2.37. The summed E-state index contributed by atoms with van der Waals surface area (Å²) in [6.45, 7) is 8.74. The average molecular weight is 337 g/mol. The van der Waals surface area contributed by atoms with E-state index in [0.717, 1.165) is 0 Å². The van der Waals surface area contributed by atoms with Crippen LogP contribution in [0.1, 0.15) is 20.8 Å². The fourth-order valence-corrected chi connectivity index (χ4v) is 2.74. The van der Waals surface area contributed by atoms with Gasteiger partial charge in [0, 0.05) is 5.30 Å². The molecule has 1 rings (SSSR count). The molecule has 0 fully saturated rings. The maximum atomic E-state index is 12.4. The summed E-state index contributed by atoms with van der Waals surface area (Å²) in [6.07, 6.45) is 4.82. The number of amides is 1. The summed E-state index contributed by atoms with van der Waals surface area (Å²) >= 11 is 0. The molecule has 1 aromatic rings. The lowest BCUT2D eigenvalue weighted by molar-refractivity contribution is 0.0584. The normalized spacial score (nSPS) is 11.5. The van der Waals surface area contributed by atoms with Crippen molar-refractivity contribution in [2.24, 2.45) is 0 Å². The fraction of sp³-hybridized carbons (Fsp3) is 0.471. The topological polar surface area (TPSA) is 55.8 Å². The van der Waals surface area contributed by atoms with Gasteiger partial charge in [0.05, 0.1) is 19.3 Å². The van der Waals surface area contributed by atoms with Crippen molar-refractivity contribution in [3.63, 3.8) is 0 Å². The first kappa shape index (κ1) is 19.1. The number of hydrogen-bond acceptors (Lipinski definition) is 4. The Hall–Kier alpha value is -1.92. The van der Waals surface area contributed by atoms with Crippen molar-refractivity contribution in [2.45, 2.75) is 26.4 Å². The summed E-state index contributed by atoms with van der Waals surface area (Å²) in [5.41, 5.74) is -0.156. The first-order valence-corrected chi connectivity index (χ1v) is 9.77. The predicted octanol–water partition coefficient (Wildman–Crippen LogP) is 3.32. The average Bonchev–Trinajstić information content (AvgIpc) is 2.41. The molecule has 0 bridgehead atoms. The number of rotatable bonds is 4. The van der Waals surface area contributed by atoms with Crippen LogP contribution in [0.3, 0.4) is 0 Å². The number of ether oxygens (including phenoxy) is 2. The highest BCUT2D eigenvalue weighted by molar-refractivity contribution is 7.70. The number of methoxy groups -OCH3 is 1. The van der Waals surface area contributed by atoms with E-state index in [0.29, 0.717) is 16.7 Å². The Labute approximate surface area is 138 Å². The van der Waals surface area contributed by atoms with Gasteiger partial charge in [0.1, 0.15) is 18.5 Å². The molecular weight excluding hydrogens is 313 g/mol. The maximum absolute atomic E-state index is 12.4. The second kappa shape index (κ2) is 7.10. The van der Waals surface area contributed by atoms with Crippen LogP contribution in [0.2, 0.25) is 0 Å². The zero-order chi connectivity index (χ0) is 17.8. The number of hydrogen-bond donors (Lipinski definition) is 0. The highest BCUT2D eigenvalue weighted by atomic mass is 31.2. The van der Waals surface area contributed by atoms with Gasteiger partial charge in [-0.3, -0.25) is 4.90 Å². The highest BCUT2D eigenvalue weighted by Gasteiger charge is 2.26. The highest BCUT2D eigenvalue weighted by Crippen LogP contribution is 2.38. The minimum Gasteiger partial charge on any atom is -0.495 e. The Morgan fingerprint density at radius 1 is 1.35 bits per heavy atom. The lowest BCUT2D eigenvalue weighted by Gasteiger charge is -2.27. The van der Waals surface area contributed by atoms with E-state index in [1.54, 1.807) is 52.3 Å². The molecule has 0 aliphatic heterocycles. The first-order chi connectivity index (χ1) is 10.5. The molecule has 0 saturated carbocycles. The molecule has 0 aromatic heterocycles. The number of carbonyl (C=O) groups is 1. The van der Waals surface area contributed by atoms with Gasteiger partial charge in [-0.05, 0) is 52.3 Å². The second-order valence-corrected chi connectivity index (χ2v) is 9.70. The quantitative estimate of drug-likeness (QED) is 0.625. The van der Waals surface area contributed by atoms with Crippen LogP contribution in [0.4, 0.5) is 10.5 Å². The van der Waals surface area contributed by atoms with Gasteiger partial charge in [-0.25, -0.2) is 4.79 Å². The smallest absolute Gasteiger partial charge is 0.415 e. The van der Waals surface area contributed by atoms with E-state index in [-0.39, 0.29) is 6.54 Å². The standard InChI is InChI=1S/C17H24NO4P/c1-8-11-18(16(19)22-17(2,3)4)14-10-9-13(23(6,7)20)12-15(14)21-5/h1,9-10,12H,11H2,2-7H3. The molecular formula is C17H24NO4P. The Bertz CT molecular complexity index is 664. The molecule has 0 aliphatic carbocycles. The summed E-state index contributed by atoms with van der Waals surface area (Å²) < 4.78 is 23.0. The molecule has 0 aliphatic rings. The third-order valence-corrected chi connectivity index (χ3v) is 4.46. The summed E-state index contributed by atoms with van der Waals surface area (Å²) in [6, 6.07) is 5.06. The molecule has 23 heavy (non-hydrogen) atoms. The van der Waals surface area contributed by atoms with Gasteiger partial charge in [0.25, 0.3) is 0 Å². The number of terminal acetylenes is 1. The van der Waals surface area contributed by atoms with Crippen molar-refractivity contribution in [3.8, 4) is 18.1 Å². The number of anilines is 1. The maximum Gasteiger partial charge on any atom is 0.415 e. The zero-order valence-corrected chi connectivity index (χ0v) is 15.4. The Balaban J connectivity index is 3.30. The van der Waals surface area contributed by atoms with Crippen LogP contribution in [0.25, 0.3) is 0 Å². The molecule has 0 N–H and O–H groups in total. The van der Waals surface area contributed by atoms with E-state index in [1.165, 1.54) is 12.0 Å². The summed E-state index contributed by atoms with van der Waals surface area (Å²) in [5, 5.41) is 0.669. The summed E-state index contributed by atoms with van der Waals surface area (Å²) in [4.78, 5) is 13.7. The van der Waals surface area contributed by atoms with Crippen LogP contribution in [-0.2, 0) is 9.30 Å². The Morgan fingerprint density at radius 3 is 2.39 bits per heavy atom. The molecule has 0 atom stereocenters. The van der Waals surface area contributed by atoms with Crippen LogP contribution in [-0.4, -0.2) is 38.7 Å². The molecule has 1 aromatic carbocycles. The Morgan fingerprint density at radius 2 is 1.96 bits per heavy atom. The van der Waals surface area contributed by atoms with Gasteiger partial charge in [-0.1, -0.05) is 5.92 Å². The SMILES string of the molecule is C#CCN(C(=O)OC(C)(C)C)c1ccc(P(C)(C)=O)cc1OC. The van der Waals surface area contributed by atoms with Gasteiger partial charge in [-0.2, -0.15) is 0 Å². The number of nitrogens with zero attached hydrogens (tertiary/aromatic N) is 1. The molecule has 0 saturated heterocycles. The van der Waals surface area contributed by atoms with E-state index in [9.17, 15) is 9.36 Å². The molecule has 126 valence electrons. The van der Waals surface area contributed by atoms with Gasteiger partial charge < -0.3 is 14.0 Å². The van der Waals surface area contributed by atoms with Crippen molar-refractivity contribution < 1.29 is 18.8 Å². The fourth-order valence-electron chi connectivity index (χ4n) is 1.88. The molecule has 1 amide bonds. The van der Waals surface area contributed by atoms with E-state index >= 15 is 0 Å². The minimum absolute atomic E-state index is 0.0422. The summed E-state index contributed by atoms with van der Waals surface area (Å²) in [7, 11) is -0.948. The molecule has 0 heterocycles. The number of carbonyl (C=O) groups excluding carboxylic acids is 1. The van der Waals surface area contributed by atoms with E-state index in [4.69, 9.17) is 15.9 Å². The van der Waals surface area contributed by atoms with E-state index in [1.807, 2.05) is 0 Å². The third kappa shape index (κ3) is 5.33. The molecule has 6 heteroatoms. The van der Waals surface area contributed by atoms with Crippen LogP contribution in [0.5, 0.6) is 5.75 Å². The van der Waals surface area contributed by atoms with Crippen LogP contribution in [0.15, 0.2) is 18.2 Å². The van der Waals surface area contributed by atoms with Crippen molar-refractivity contribution in [1.29, 1.82) is 0 Å². The predicted molar refractivity (Wildman–Crippen MR) is 94.5 cm³/mol. The van der Waals surface area contributed by atoms with E-state index < -0.39 is 18.8 Å². The second-order valence-electron chi connectivity index (χ2n) is 6.48. The monoisotopic (exact) mass is 337 g/mol. The zero-order valence-electron chi connectivity index (χ0n) is 14.5. The van der Waals surface area contributed by atoms with Crippen molar-refractivity contribution in [1.82, 2.24) is 0 Å². The molecule has 0 radical (unpaired) electrons. The summed E-state index contributed by atoms with van der Waals surface area (Å²) in [5.74, 6) is 2.87. The molecule has 0 spiro atoms. The van der Waals surface area contributed by atoms with Crippen LogP contribution < -0.4 is 14.9 Å². The van der Waals surface area contributed by atoms with Crippen LogP contribution >= 0.6 is 7.14 Å². The van der Waals surface area contributed by atoms with Crippen molar-refractivity contribution in [3.05, 3.63) is 18.2 Å². The molecule has 0 unspecified atom stereocenters. The van der Waals surface area contributed by atoms with Gasteiger partial charge in [0.15, 0.2) is 0 Å². The Kier molecular flexibility index (Phi) is 5.91. The lowest BCUT2D eigenvalue weighted by atomic mass is 10.2. The first-order valence-electron chi connectivity index (χ1n) is 7.17. The van der Waals surface area contributed by atoms with Crippen molar-refractivity contribution >= 4 is 24.2 Å². The third-order valence-electron chi connectivity index (χ3n) is 2.94. The van der Waals surface area contributed by atoms with Gasteiger partial charge in [-0.15, -0.1) is 6.42 Å².